The maximum Gasteiger partial charge on any atom is 0.230 e. The number of thioether (sulfide) groups is 1. The number of nitrogens with one attached hydrogen (secondary N) is 2. The van der Waals surface area contributed by atoms with E-state index < -0.39 is 0 Å². The van der Waals surface area contributed by atoms with Crippen molar-refractivity contribution in [3.63, 3.8) is 0 Å². The van der Waals surface area contributed by atoms with Crippen LogP contribution in [-0.2, 0) is 30.7 Å². The molecular weight excluding hydrogens is 352 g/mol. The number of carbonyl (C=O) groups is 1. The molecule has 0 atom stereocenters. The van der Waals surface area contributed by atoms with Gasteiger partial charge >= 0.3 is 0 Å². The summed E-state index contributed by atoms with van der Waals surface area (Å²) >= 11 is 1.64. The van der Waals surface area contributed by atoms with E-state index in [1.54, 1.807) is 16.7 Å². The van der Waals surface area contributed by atoms with Crippen molar-refractivity contribution in [2.24, 2.45) is 0 Å². The Labute approximate surface area is 166 Å². The molecule has 1 heterocycles. The van der Waals surface area contributed by atoms with Crippen molar-refractivity contribution in [2.75, 3.05) is 18.8 Å². The summed E-state index contributed by atoms with van der Waals surface area (Å²) in [6, 6.07) is 15.4. The summed E-state index contributed by atoms with van der Waals surface area (Å²) in [6.45, 7) is 4.35. The van der Waals surface area contributed by atoms with Gasteiger partial charge in [-0.2, -0.15) is 0 Å². The topological polar surface area (TPSA) is 33.5 Å². The summed E-state index contributed by atoms with van der Waals surface area (Å²) in [6.07, 6.45) is 6.39. The van der Waals surface area contributed by atoms with Gasteiger partial charge < -0.3 is 10.2 Å². The van der Waals surface area contributed by atoms with Crippen molar-refractivity contribution in [3.8, 4) is 0 Å². The zero-order chi connectivity index (χ0) is 18.5. The lowest BCUT2D eigenvalue weighted by Crippen LogP contribution is -3.08. The van der Waals surface area contributed by atoms with E-state index in [4.69, 9.17) is 0 Å². The number of benzene rings is 2. The van der Waals surface area contributed by atoms with E-state index in [1.807, 2.05) is 0 Å². The number of fused-ring (bicyclic) bond motifs is 1. The number of quaternary nitrogens is 1. The van der Waals surface area contributed by atoms with Gasteiger partial charge in [0.05, 0.1) is 18.8 Å². The number of hydrogen-bond acceptors (Lipinski definition) is 2. The molecule has 0 aromatic heterocycles. The molecule has 3 nitrogen and oxygen atoms in total. The van der Waals surface area contributed by atoms with Gasteiger partial charge in [-0.05, 0) is 48.1 Å². The summed E-state index contributed by atoms with van der Waals surface area (Å²) in [5.41, 5.74) is 5.52. The Bertz CT molecular complexity index is 781. The fourth-order valence-corrected chi connectivity index (χ4v) is 4.94. The van der Waals surface area contributed by atoms with Gasteiger partial charge in [0, 0.05) is 29.8 Å². The molecule has 2 aromatic carbocycles. The van der Waals surface area contributed by atoms with Crippen molar-refractivity contribution in [1.29, 1.82) is 0 Å². The zero-order valence-corrected chi connectivity index (χ0v) is 16.7. The number of amides is 1. The monoisotopic (exact) mass is 381 g/mol. The molecule has 1 aliphatic carbocycles. The van der Waals surface area contributed by atoms with Crippen LogP contribution in [0, 0.1) is 0 Å². The van der Waals surface area contributed by atoms with Gasteiger partial charge in [0.2, 0.25) is 5.91 Å². The van der Waals surface area contributed by atoms with Gasteiger partial charge in [0.25, 0.3) is 0 Å². The number of rotatable bonds is 7. The van der Waals surface area contributed by atoms with Crippen LogP contribution >= 0.6 is 11.8 Å². The zero-order valence-electron chi connectivity index (χ0n) is 15.9. The van der Waals surface area contributed by atoms with Crippen LogP contribution in [0.15, 0.2) is 47.4 Å². The predicted octanol–water partition coefficient (Wildman–Crippen LogP) is 2.76. The summed E-state index contributed by atoms with van der Waals surface area (Å²) in [7, 11) is 0. The van der Waals surface area contributed by atoms with Crippen molar-refractivity contribution < 1.29 is 9.69 Å². The van der Waals surface area contributed by atoms with Crippen LogP contribution in [0.1, 0.15) is 41.5 Å². The predicted molar refractivity (Wildman–Crippen MR) is 111 cm³/mol. The Morgan fingerprint density at radius 1 is 0.926 bits per heavy atom. The first kappa shape index (κ1) is 18.6. The lowest BCUT2D eigenvalue weighted by atomic mass is 10.1. The van der Waals surface area contributed by atoms with Crippen LogP contribution in [0.25, 0.3) is 0 Å². The highest BCUT2D eigenvalue weighted by Gasteiger charge is 2.15. The first-order valence-electron chi connectivity index (χ1n) is 10.2. The van der Waals surface area contributed by atoms with E-state index >= 15 is 0 Å². The molecule has 4 rings (SSSR count). The number of likely N-dealkylation sites (tertiary alicyclic amines) is 1. The Morgan fingerprint density at radius 3 is 2.48 bits per heavy atom. The second-order valence-electron chi connectivity index (χ2n) is 7.80. The van der Waals surface area contributed by atoms with Crippen LogP contribution in [-0.4, -0.2) is 24.7 Å². The molecule has 0 radical (unpaired) electrons. The molecule has 0 saturated carbocycles. The fourth-order valence-electron chi connectivity index (χ4n) is 4.15. The highest BCUT2D eigenvalue weighted by molar-refractivity contribution is 8.00. The summed E-state index contributed by atoms with van der Waals surface area (Å²) < 4.78 is 0. The van der Waals surface area contributed by atoms with Crippen LogP contribution in [0.3, 0.4) is 0 Å². The van der Waals surface area contributed by atoms with Crippen LogP contribution < -0.4 is 10.2 Å². The van der Waals surface area contributed by atoms with Crippen LogP contribution in [0.2, 0.25) is 0 Å². The second-order valence-corrected chi connectivity index (χ2v) is 8.85. The first-order valence-corrected chi connectivity index (χ1v) is 11.2. The van der Waals surface area contributed by atoms with E-state index in [0.29, 0.717) is 12.3 Å². The lowest BCUT2D eigenvalue weighted by molar-refractivity contribution is -0.901. The van der Waals surface area contributed by atoms with E-state index in [0.717, 1.165) is 6.54 Å². The summed E-state index contributed by atoms with van der Waals surface area (Å²) in [5.74, 6) is 0.584. The number of carbonyl (C=O) groups excluding carboxylic acids is 1. The maximum absolute atomic E-state index is 12.2. The van der Waals surface area contributed by atoms with Crippen molar-refractivity contribution in [3.05, 3.63) is 64.7 Å². The normalized spacial score (nSPS) is 16.4. The highest BCUT2D eigenvalue weighted by Crippen LogP contribution is 2.27. The maximum atomic E-state index is 12.2. The van der Waals surface area contributed by atoms with Crippen molar-refractivity contribution in [1.82, 2.24) is 5.32 Å². The standard InChI is InChI=1S/C23H28N2OS/c26-23(17-27-22-11-10-20-4-3-5-21(20)14-22)24-15-18-6-8-19(9-7-18)16-25-12-1-2-13-25/h6-11,14H,1-5,12-13,15-17H2,(H,24,26)/p+1. The minimum atomic E-state index is 0.103. The lowest BCUT2D eigenvalue weighted by Gasteiger charge is -2.12. The first-order chi connectivity index (χ1) is 13.3. The van der Waals surface area contributed by atoms with Crippen molar-refractivity contribution in [2.45, 2.75) is 50.1 Å². The molecule has 1 aliphatic heterocycles. The summed E-state index contributed by atoms with van der Waals surface area (Å²) in [4.78, 5) is 15.1. The van der Waals surface area contributed by atoms with E-state index in [2.05, 4.69) is 47.8 Å². The van der Waals surface area contributed by atoms with Gasteiger partial charge in [0.15, 0.2) is 0 Å². The average molecular weight is 382 g/mol. The third-order valence-electron chi connectivity index (χ3n) is 5.72. The highest BCUT2D eigenvalue weighted by atomic mass is 32.2. The van der Waals surface area contributed by atoms with Crippen molar-refractivity contribution >= 4 is 17.7 Å². The molecule has 0 spiro atoms. The minimum absolute atomic E-state index is 0.103. The van der Waals surface area contributed by atoms with Gasteiger partial charge in [-0.3, -0.25) is 4.79 Å². The molecular formula is C23H29N2OS+. The minimum Gasteiger partial charge on any atom is -0.351 e. The average Bonchev–Trinajstić information content (AvgIpc) is 3.37. The fraction of sp³-hybridized carbons (Fsp3) is 0.435. The Hall–Kier alpha value is -1.78. The molecule has 1 fully saturated rings. The van der Waals surface area contributed by atoms with E-state index in [9.17, 15) is 4.79 Å². The Kier molecular flexibility index (Phi) is 6.15. The molecule has 4 heteroatoms. The van der Waals surface area contributed by atoms with Crippen LogP contribution in [0.4, 0.5) is 0 Å². The summed E-state index contributed by atoms with van der Waals surface area (Å²) in [5, 5.41) is 3.05. The van der Waals surface area contributed by atoms with Crippen LogP contribution in [0.5, 0.6) is 0 Å². The van der Waals surface area contributed by atoms with Gasteiger partial charge in [-0.15, -0.1) is 11.8 Å². The molecule has 2 aliphatic rings. The number of aryl methyl sites for hydroxylation is 2. The Morgan fingerprint density at radius 2 is 1.67 bits per heavy atom. The van der Waals surface area contributed by atoms with Gasteiger partial charge in [-0.1, -0.05) is 30.3 Å². The SMILES string of the molecule is O=C(CSc1ccc2c(c1)CCC2)NCc1ccc(C[NH+]2CCCC2)cc1. The molecule has 1 amide bonds. The molecule has 142 valence electrons. The third kappa shape index (κ3) is 5.14. The van der Waals surface area contributed by atoms with Gasteiger partial charge in [0.1, 0.15) is 6.54 Å². The molecule has 2 N–H and O–H groups in total. The van der Waals surface area contributed by atoms with E-state index in [1.165, 1.54) is 72.3 Å². The molecule has 0 bridgehead atoms. The molecule has 0 unspecified atom stereocenters. The second kappa shape index (κ2) is 8.94. The largest absolute Gasteiger partial charge is 0.351 e. The smallest absolute Gasteiger partial charge is 0.230 e. The number of hydrogen-bond donors (Lipinski definition) is 2. The quantitative estimate of drug-likeness (QED) is 0.723. The third-order valence-corrected chi connectivity index (χ3v) is 6.71. The van der Waals surface area contributed by atoms with E-state index in [-0.39, 0.29) is 5.91 Å². The molecule has 27 heavy (non-hydrogen) atoms. The Balaban J connectivity index is 1.20. The molecule has 2 aromatic rings. The molecule has 1 saturated heterocycles. The van der Waals surface area contributed by atoms with Gasteiger partial charge in [-0.25, -0.2) is 0 Å².